The lowest BCUT2D eigenvalue weighted by Crippen LogP contribution is -2.58. The minimum Gasteiger partial charge on any atom is -0.445 e. The first kappa shape index (κ1) is 29.5. The van der Waals surface area contributed by atoms with E-state index in [0.717, 1.165) is 18.2 Å². The summed E-state index contributed by atoms with van der Waals surface area (Å²) in [6, 6.07) is 6.38. The summed E-state index contributed by atoms with van der Waals surface area (Å²) in [7, 11) is 0. The van der Waals surface area contributed by atoms with Gasteiger partial charge in [0.15, 0.2) is 0 Å². The molecule has 1 aromatic carbocycles. The van der Waals surface area contributed by atoms with Gasteiger partial charge in [-0.1, -0.05) is 77.8 Å². The third-order valence-electron chi connectivity index (χ3n) is 5.37. The van der Waals surface area contributed by atoms with Crippen molar-refractivity contribution >= 4 is 29.9 Å². The van der Waals surface area contributed by atoms with E-state index >= 15 is 0 Å². The molecule has 0 heterocycles. The average molecular weight is 488 g/mol. The monoisotopic (exact) mass is 487 g/mol. The van der Waals surface area contributed by atoms with Gasteiger partial charge >= 0.3 is 12.3 Å². The molecule has 3 atom stereocenters. The molecular formula is C25H37N5O5. The lowest BCUT2D eigenvalue weighted by molar-refractivity contribution is -0.133. The minimum atomic E-state index is -0.950. The van der Waals surface area contributed by atoms with Crippen molar-refractivity contribution in [3.8, 4) is 0 Å². The third-order valence-corrected chi connectivity index (χ3v) is 5.37. The topological polar surface area (TPSA) is 150 Å². The molecule has 0 aliphatic rings. The Morgan fingerprint density at radius 1 is 0.943 bits per heavy atom. The molecule has 1 aromatic rings. The molecule has 10 heteroatoms. The van der Waals surface area contributed by atoms with Crippen LogP contribution in [0.2, 0.25) is 0 Å². The van der Waals surface area contributed by atoms with Crippen molar-refractivity contribution in [3.05, 3.63) is 41.4 Å². The number of hydrogen-bond donors (Lipinski definition) is 3. The van der Waals surface area contributed by atoms with Crippen molar-refractivity contribution in [2.75, 3.05) is 0 Å². The third kappa shape index (κ3) is 10.5. The smallest absolute Gasteiger partial charge is 0.408 e. The van der Waals surface area contributed by atoms with Gasteiger partial charge in [-0.05, 0) is 23.8 Å². The van der Waals surface area contributed by atoms with E-state index in [-0.39, 0.29) is 18.4 Å². The summed E-state index contributed by atoms with van der Waals surface area (Å²) in [6.45, 7) is 9.05. The van der Waals surface area contributed by atoms with Crippen LogP contribution in [0.25, 0.3) is 5.53 Å². The number of ether oxygens (including phenoxy) is 1. The summed E-state index contributed by atoms with van der Waals surface area (Å²) in [5, 5.41) is 7.92. The second-order valence-corrected chi connectivity index (χ2v) is 9.01. The number of alkyl carbamates (subject to hydrolysis) is 1. The number of rotatable bonds is 14. The van der Waals surface area contributed by atoms with Gasteiger partial charge in [0.1, 0.15) is 18.7 Å². The molecule has 0 saturated heterocycles. The molecule has 1 rings (SSSR count). The van der Waals surface area contributed by atoms with Gasteiger partial charge in [-0.3, -0.25) is 14.4 Å². The van der Waals surface area contributed by atoms with Crippen molar-refractivity contribution in [2.45, 2.75) is 78.6 Å². The number of unbranched alkanes of at least 4 members (excludes halogenated alkanes) is 1. The zero-order valence-corrected chi connectivity index (χ0v) is 21.1. The van der Waals surface area contributed by atoms with Crippen LogP contribution in [-0.2, 0) is 25.7 Å². The van der Waals surface area contributed by atoms with Gasteiger partial charge < -0.3 is 26.2 Å². The molecule has 0 spiro atoms. The van der Waals surface area contributed by atoms with E-state index < -0.39 is 41.8 Å². The Morgan fingerprint density at radius 3 is 2.06 bits per heavy atom. The van der Waals surface area contributed by atoms with Gasteiger partial charge in [-0.15, -0.1) is 0 Å². The number of benzene rings is 1. The minimum absolute atomic E-state index is 0.0560. The molecule has 0 radical (unpaired) electrons. The summed E-state index contributed by atoms with van der Waals surface area (Å²) >= 11 is 0. The molecule has 35 heavy (non-hydrogen) atoms. The highest BCUT2D eigenvalue weighted by Crippen LogP contribution is 2.09. The number of nitrogens with zero attached hydrogens (tertiary/aromatic N) is 2. The van der Waals surface area contributed by atoms with Crippen molar-refractivity contribution in [2.24, 2.45) is 11.8 Å². The Labute approximate surface area is 206 Å². The lowest BCUT2D eigenvalue weighted by atomic mass is 9.98. The maximum atomic E-state index is 13.0. The second-order valence-electron chi connectivity index (χ2n) is 9.01. The summed E-state index contributed by atoms with van der Waals surface area (Å²) in [6.07, 6.45) is 1.86. The van der Waals surface area contributed by atoms with Gasteiger partial charge in [-0.25, -0.2) is 4.79 Å². The number of carbonyl (C=O) groups excluding carboxylic acids is 4. The SMILES string of the molecule is CCCC[C@H](NC(=O)[C@H](NC(=O)[C@@H](NC(=O)OCc1ccccc1)C(C)C)C(C)C)C(=O)C=[N+]=[N-]. The molecule has 0 fully saturated rings. The van der Waals surface area contributed by atoms with Crippen LogP contribution in [0.5, 0.6) is 0 Å². The molecule has 192 valence electrons. The van der Waals surface area contributed by atoms with Crippen molar-refractivity contribution < 1.29 is 28.7 Å². The Balaban J connectivity index is 2.85. The van der Waals surface area contributed by atoms with Crippen molar-refractivity contribution in [3.63, 3.8) is 0 Å². The summed E-state index contributed by atoms with van der Waals surface area (Å²) < 4.78 is 5.22. The van der Waals surface area contributed by atoms with Gasteiger partial charge in [0, 0.05) is 0 Å². The van der Waals surface area contributed by atoms with Gasteiger partial charge in [0.25, 0.3) is 5.78 Å². The molecule has 10 nitrogen and oxygen atoms in total. The Morgan fingerprint density at radius 2 is 1.51 bits per heavy atom. The fourth-order valence-corrected chi connectivity index (χ4v) is 3.31. The van der Waals surface area contributed by atoms with E-state index in [2.05, 4.69) is 20.7 Å². The van der Waals surface area contributed by atoms with E-state index in [1.54, 1.807) is 27.7 Å². The van der Waals surface area contributed by atoms with Crippen LogP contribution >= 0.6 is 0 Å². The number of amides is 3. The highest BCUT2D eigenvalue weighted by molar-refractivity contribution is 6.28. The molecule has 0 aliphatic heterocycles. The first-order valence-electron chi connectivity index (χ1n) is 11.9. The van der Waals surface area contributed by atoms with E-state index in [1.165, 1.54) is 0 Å². The molecule has 3 N–H and O–H groups in total. The molecule has 0 unspecified atom stereocenters. The van der Waals surface area contributed by atoms with Crippen LogP contribution < -0.4 is 16.0 Å². The summed E-state index contributed by atoms with van der Waals surface area (Å²) in [5.74, 6) is -2.20. The van der Waals surface area contributed by atoms with E-state index in [9.17, 15) is 19.2 Å². The van der Waals surface area contributed by atoms with E-state index in [4.69, 9.17) is 10.3 Å². The molecule has 0 bridgehead atoms. The largest absolute Gasteiger partial charge is 0.445 e. The van der Waals surface area contributed by atoms with E-state index in [1.807, 2.05) is 37.3 Å². The highest BCUT2D eigenvalue weighted by Gasteiger charge is 2.32. The van der Waals surface area contributed by atoms with E-state index in [0.29, 0.717) is 12.8 Å². The number of ketones is 1. The first-order chi connectivity index (χ1) is 16.6. The van der Waals surface area contributed by atoms with Crippen molar-refractivity contribution in [1.29, 1.82) is 0 Å². The summed E-state index contributed by atoms with van der Waals surface area (Å²) in [4.78, 5) is 53.3. The molecular weight excluding hydrogens is 450 g/mol. The van der Waals surface area contributed by atoms with Crippen LogP contribution in [0.1, 0.15) is 59.4 Å². The van der Waals surface area contributed by atoms with Crippen LogP contribution in [-0.4, -0.2) is 52.8 Å². The maximum Gasteiger partial charge on any atom is 0.408 e. The molecule has 0 aliphatic carbocycles. The Hall–Kier alpha value is -3.52. The highest BCUT2D eigenvalue weighted by atomic mass is 16.5. The first-order valence-corrected chi connectivity index (χ1v) is 11.9. The number of hydrogen-bond acceptors (Lipinski definition) is 5. The standard InChI is InChI=1S/C25H37N5O5/c1-6-7-13-19(20(31)14-27-26)28-23(32)21(16(2)3)29-24(33)22(17(4)5)30-25(34)35-15-18-11-9-8-10-12-18/h8-12,14,16-17,19,21-22H,6-7,13,15H2,1-5H3,(H,28,32)(H,29,33)(H,30,34)/t19-,21+,22-/m0/s1. The van der Waals surface area contributed by atoms with Crippen molar-refractivity contribution in [1.82, 2.24) is 16.0 Å². The zero-order valence-electron chi connectivity index (χ0n) is 21.1. The lowest BCUT2D eigenvalue weighted by Gasteiger charge is -2.27. The normalized spacial score (nSPS) is 13.2. The van der Waals surface area contributed by atoms with Gasteiger partial charge in [-0.2, -0.15) is 4.79 Å². The predicted octanol–water partition coefficient (Wildman–Crippen LogP) is 2.62. The van der Waals surface area contributed by atoms with Crippen LogP contribution in [0.3, 0.4) is 0 Å². The maximum absolute atomic E-state index is 13.0. The van der Waals surface area contributed by atoms with Gasteiger partial charge in [0.05, 0.1) is 6.04 Å². The number of Topliss-reactive ketones (excluding diaryl/α,β-unsaturated/α-hetero) is 1. The molecule has 0 saturated carbocycles. The summed E-state index contributed by atoms with van der Waals surface area (Å²) in [5.41, 5.74) is 9.49. The van der Waals surface area contributed by atoms with Crippen LogP contribution in [0.4, 0.5) is 4.79 Å². The number of carbonyl (C=O) groups is 4. The quantitative estimate of drug-likeness (QED) is 0.209. The zero-order chi connectivity index (χ0) is 26.4. The molecule has 3 amide bonds. The Bertz CT molecular complexity index is 897. The number of nitrogens with one attached hydrogen (secondary N) is 3. The Kier molecular flexibility index (Phi) is 13.0. The van der Waals surface area contributed by atoms with Crippen LogP contribution in [0, 0.1) is 11.8 Å². The predicted molar refractivity (Wildman–Crippen MR) is 131 cm³/mol. The average Bonchev–Trinajstić information content (AvgIpc) is 2.82. The second kappa shape index (κ2) is 15.4. The molecule has 0 aromatic heterocycles. The fraction of sp³-hybridized carbons (Fsp3) is 0.560. The van der Waals surface area contributed by atoms with Crippen LogP contribution in [0.15, 0.2) is 30.3 Å². The fourth-order valence-electron chi connectivity index (χ4n) is 3.31. The van der Waals surface area contributed by atoms with Gasteiger partial charge in [0.2, 0.25) is 11.8 Å².